The van der Waals surface area contributed by atoms with Gasteiger partial charge < -0.3 is 10.4 Å². The van der Waals surface area contributed by atoms with Gasteiger partial charge in [-0.3, -0.25) is 4.79 Å². The fourth-order valence-electron chi connectivity index (χ4n) is 2.77. The largest absolute Gasteiger partial charge is 0.368 e. The SMILES string of the molecule is CC1=C(Cl)SC([C@@H](C)NC(=O)C2=NN(c3ccccc3F)C(O)C=C2)=CC1C. The van der Waals surface area contributed by atoms with Gasteiger partial charge in [-0.05, 0) is 49.6 Å². The Balaban J connectivity index is 1.75. The summed E-state index contributed by atoms with van der Waals surface area (Å²) in [5, 5.41) is 18.2. The second-order valence-corrected chi connectivity index (χ2v) is 8.35. The van der Waals surface area contributed by atoms with Crippen LogP contribution in [0.2, 0.25) is 0 Å². The zero-order chi connectivity index (χ0) is 20.4. The molecule has 8 heteroatoms. The van der Waals surface area contributed by atoms with Gasteiger partial charge in [-0.25, -0.2) is 9.40 Å². The van der Waals surface area contributed by atoms with Crippen LogP contribution in [0, 0.1) is 11.7 Å². The summed E-state index contributed by atoms with van der Waals surface area (Å²) in [6, 6.07) is 5.66. The zero-order valence-corrected chi connectivity index (χ0v) is 17.3. The Bertz CT molecular complexity index is 912. The minimum Gasteiger partial charge on any atom is -0.368 e. The van der Waals surface area contributed by atoms with Gasteiger partial charge in [-0.15, -0.1) is 0 Å². The lowest BCUT2D eigenvalue weighted by atomic mass is 10.0. The Kier molecular flexibility index (Phi) is 6.27. The van der Waals surface area contributed by atoms with Crippen LogP contribution in [0.3, 0.4) is 0 Å². The van der Waals surface area contributed by atoms with Gasteiger partial charge >= 0.3 is 0 Å². The number of aliphatic hydroxyl groups is 1. The van der Waals surface area contributed by atoms with E-state index < -0.39 is 18.0 Å². The first-order valence-electron chi connectivity index (χ1n) is 8.83. The molecule has 3 atom stereocenters. The molecule has 1 aromatic carbocycles. The smallest absolute Gasteiger partial charge is 0.272 e. The van der Waals surface area contributed by atoms with Crippen molar-refractivity contribution in [2.24, 2.45) is 11.0 Å². The van der Waals surface area contributed by atoms with Crippen LogP contribution in [-0.4, -0.2) is 29.0 Å². The minimum atomic E-state index is -1.16. The molecule has 0 bridgehead atoms. The Morgan fingerprint density at radius 1 is 1.43 bits per heavy atom. The van der Waals surface area contributed by atoms with E-state index in [1.54, 1.807) is 12.1 Å². The number of carbonyl (C=O) groups is 1. The van der Waals surface area contributed by atoms with Gasteiger partial charge in [0.05, 0.1) is 16.1 Å². The van der Waals surface area contributed by atoms with Crippen molar-refractivity contribution in [1.29, 1.82) is 0 Å². The average molecular weight is 422 g/mol. The number of anilines is 1. The molecule has 0 radical (unpaired) electrons. The highest BCUT2D eigenvalue weighted by Gasteiger charge is 2.26. The zero-order valence-electron chi connectivity index (χ0n) is 15.7. The molecule has 0 fully saturated rings. The van der Waals surface area contributed by atoms with E-state index in [4.69, 9.17) is 11.6 Å². The van der Waals surface area contributed by atoms with Gasteiger partial charge in [0.15, 0.2) is 6.23 Å². The summed E-state index contributed by atoms with van der Waals surface area (Å²) in [5.41, 5.74) is 1.26. The first-order chi connectivity index (χ1) is 13.3. The van der Waals surface area contributed by atoms with E-state index in [9.17, 15) is 14.3 Å². The van der Waals surface area contributed by atoms with Gasteiger partial charge in [-0.2, -0.15) is 5.10 Å². The molecule has 2 heterocycles. The molecule has 5 nitrogen and oxygen atoms in total. The van der Waals surface area contributed by atoms with Crippen LogP contribution in [0.25, 0.3) is 0 Å². The van der Waals surface area contributed by atoms with Crippen LogP contribution in [-0.2, 0) is 4.79 Å². The number of benzene rings is 1. The van der Waals surface area contributed by atoms with Crippen LogP contribution < -0.4 is 10.3 Å². The van der Waals surface area contributed by atoms with Crippen molar-refractivity contribution < 1.29 is 14.3 Å². The summed E-state index contributed by atoms with van der Waals surface area (Å²) >= 11 is 7.72. The number of hydrazone groups is 1. The van der Waals surface area contributed by atoms with E-state index in [0.29, 0.717) is 0 Å². The van der Waals surface area contributed by atoms with Crippen molar-refractivity contribution >= 4 is 40.7 Å². The molecule has 0 saturated heterocycles. The molecule has 0 spiro atoms. The minimum absolute atomic E-state index is 0.0766. The van der Waals surface area contributed by atoms with Crippen LogP contribution >= 0.6 is 23.4 Å². The third-order valence-electron chi connectivity index (χ3n) is 4.61. The van der Waals surface area contributed by atoms with Crippen molar-refractivity contribution in [3.8, 4) is 0 Å². The van der Waals surface area contributed by atoms with E-state index in [1.165, 1.54) is 36.0 Å². The molecule has 2 N–H and O–H groups in total. The fraction of sp³-hybridized carbons (Fsp3) is 0.300. The molecular formula is C20H21ClFN3O2S. The summed E-state index contributed by atoms with van der Waals surface area (Å²) in [4.78, 5) is 13.6. The number of nitrogens with zero attached hydrogens (tertiary/aromatic N) is 2. The first kappa shape index (κ1) is 20.6. The first-order valence-corrected chi connectivity index (χ1v) is 10.0. The van der Waals surface area contributed by atoms with Crippen molar-refractivity contribution in [2.45, 2.75) is 33.0 Å². The lowest BCUT2D eigenvalue weighted by molar-refractivity contribution is -0.115. The molecule has 1 aromatic rings. The molecule has 2 aliphatic rings. The van der Waals surface area contributed by atoms with Gasteiger partial charge in [-0.1, -0.05) is 48.5 Å². The number of carbonyl (C=O) groups excluding carboxylic acids is 1. The maximum absolute atomic E-state index is 14.1. The molecular weight excluding hydrogens is 401 g/mol. The maximum Gasteiger partial charge on any atom is 0.272 e. The molecule has 0 aromatic heterocycles. The molecule has 2 unspecified atom stereocenters. The van der Waals surface area contributed by atoms with E-state index in [-0.39, 0.29) is 23.4 Å². The van der Waals surface area contributed by atoms with Gasteiger partial charge in [0.1, 0.15) is 11.5 Å². The number of aliphatic hydroxyl groups excluding tert-OH is 1. The Hall–Kier alpha value is -2.09. The monoisotopic (exact) mass is 421 g/mol. The molecule has 0 saturated carbocycles. The quantitative estimate of drug-likeness (QED) is 0.767. The Morgan fingerprint density at radius 2 is 2.14 bits per heavy atom. The topological polar surface area (TPSA) is 64.9 Å². The number of rotatable bonds is 4. The van der Waals surface area contributed by atoms with Gasteiger partial charge in [0.2, 0.25) is 0 Å². The number of para-hydroxylation sites is 1. The summed E-state index contributed by atoms with van der Waals surface area (Å²) in [6.07, 6.45) is 3.73. The van der Waals surface area contributed by atoms with E-state index in [1.807, 2.05) is 20.8 Å². The predicted octanol–water partition coefficient (Wildman–Crippen LogP) is 4.12. The maximum atomic E-state index is 14.1. The van der Waals surface area contributed by atoms with Crippen molar-refractivity contribution in [1.82, 2.24) is 5.32 Å². The molecule has 0 aliphatic carbocycles. The van der Waals surface area contributed by atoms with Crippen molar-refractivity contribution in [2.75, 3.05) is 5.01 Å². The molecule has 28 heavy (non-hydrogen) atoms. The third-order valence-corrected chi connectivity index (χ3v) is 6.37. The number of nitrogens with one attached hydrogen (secondary N) is 1. The third kappa shape index (κ3) is 4.32. The second kappa shape index (κ2) is 8.51. The van der Waals surface area contributed by atoms with Crippen LogP contribution in [0.1, 0.15) is 20.8 Å². The van der Waals surface area contributed by atoms with Crippen molar-refractivity contribution in [3.05, 3.63) is 63.2 Å². The molecule has 3 rings (SSSR count). The summed E-state index contributed by atoms with van der Waals surface area (Å²) in [7, 11) is 0. The predicted molar refractivity (Wildman–Crippen MR) is 112 cm³/mol. The van der Waals surface area contributed by atoms with Gasteiger partial charge in [0, 0.05) is 4.91 Å². The lowest BCUT2D eigenvalue weighted by Crippen LogP contribution is -2.42. The normalized spacial score (nSPS) is 23.3. The van der Waals surface area contributed by atoms with Crippen molar-refractivity contribution in [3.63, 3.8) is 0 Å². The number of hydrogen-bond acceptors (Lipinski definition) is 5. The average Bonchev–Trinajstić information content (AvgIpc) is 2.66. The Labute approximate surface area is 172 Å². The standard InChI is InChI=1S/C20H21ClFN3O2S/c1-11-10-17(28-19(21)12(11)2)13(3)23-20(27)15-8-9-18(26)25(24-15)16-7-5-4-6-14(16)22/h4-11,13,18,26H,1-3H3,(H,23,27)/t11?,13-,18?/m1/s1. The number of thioether (sulfide) groups is 1. The van der Waals surface area contributed by atoms with Crippen LogP contribution in [0.4, 0.5) is 10.1 Å². The number of halogens is 2. The Morgan fingerprint density at radius 3 is 2.82 bits per heavy atom. The number of amides is 1. The van der Waals surface area contributed by atoms with E-state index in [2.05, 4.69) is 16.5 Å². The fourth-order valence-corrected chi connectivity index (χ4v) is 4.27. The second-order valence-electron chi connectivity index (χ2n) is 6.67. The highest BCUT2D eigenvalue weighted by molar-refractivity contribution is 8.08. The molecule has 148 valence electrons. The van der Waals surface area contributed by atoms with E-state index in [0.717, 1.165) is 19.9 Å². The lowest BCUT2D eigenvalue weighted by Gasteiger charge is -2.27. The van der Waals surface area contributed by atoms with Crippen LogP contribution in [0.5, 0.6) is 0 Å². The molecule has 1 amide bonds. The summed E-state index contributed by atoms with van der Waals surface area (Å²) in [5.74, 6) is -0.765. The number of allylic oxidation sites excluding steroid dienone is 2. The highest BCUT2D eigenvalue weighted by Crippen LogP contribution is 2.40. The van der Waals surface area contributed by atoms with Gasteiger partial charge in [0.25, 0.3) is 5.91 Å². The number of hydrogen-bond donors (Lipinski definition) is 2. The summed E-state index contributed by atoms with van der Waals surface area (Å²) in [6.45, 7) is 5.90. The van der Waals surface area contributed by atoms with Crippen LogP contribution in [0.15, 0.2) is 62.4 Å². The molecule has 2 aliphatic heterocycles. The van der Waals surface area contributed by atoms with E-state index >= 15 is 0 Å². The summed E-state index contributed by atoms with van der Waals surface area (Å²) < 4.78 is 14.8. The highest BCUT2D eigenvalue weighted by atomic mass is 35.5.